The van der Waals surface area contributed by atoms with E-state index in [0.717, 1.165) is 11.6 Å². The summed E-state index contributed by atoms with van der Waals surface area (Å²) in [6, 6.07) is 2.11. The van der Waals surface area contributed by atoms with Gasteiger partial charge in [-0.25, -0.2) is 0 Å². The van der Waals surface area contributed by atoms with E-state index in [1.165, 1.54) is 6.08 Å². The second-order valence-electron chi connectivity index (χ2n) is 6.63. The maximum atomic E-state index is 13.6. The number of ether oxygens (including phenoxy) is 2. The Bertz CT molecular complexity index is 858. The summed E-state index contributed by atoms with van der Waals surface area (Å²) in [6.07, 6.45) is 1.57. The zero-order valence-electron chi connectivity index (χ0n) is 13.9. The number of rotatable bonds is 3. The summed E-state index contributed by atoms with van der Waals surface area (Å²) >= 11 is 0. The summed E-state index contributed by atoms with van der Waals surface area (Å²) in [4.78, 5) is 11.8. The van der Waals surface area contributed by atoms with E-state index in [4.69, 9.17) is 9.47 Å². The molecular formula is C16H18FNO6S. The van der Waals surface area contributed by atoms with Gasteiger partial charge in [-0.05, 0) is 38.5 Å². The quantitative estimate of drug-likeness (QED) is 0.811. The molecule has 1 aromatic carbocycles. The summed E-state index contributed by atoms with van der Waals surface area (Å²) in [5.74, 6) is -0.444. The zero-order valence-corrected chi connectivity index (χ0v) is 14.7. The van der Waals surface area contributed by atoms with E-state index in [0.29, 0.717) is 5.75 Å². The van der Waals surface area contributed by atoms with Crippen molar-refractivity contribution in [2.75, 3.05) is 6.61 Å². The first-order chi connectivity index (χ1) is 11.5. The smallest absolute Gasteiger partial charge is 0.402 e. The lowest BCUT2D eigenvalue weighted by atomic mass is 9.99. The number of aryl methyl sites for hydroxylation is 1. The first-order valence-corrected chi connectivity index (χ1v) is 8.95. The fraction of sp³-hybridized carbons (Fsp3) is 0.438. The molecule has 2 aliphatic heterocycles. The largest absolute Gasteiger partial charge is 0.486 e. The topological polar surface area (TPSA) is 93.1 Å². The van der Waals surface area contributed by atoms with Gasteiger partial charge in [0.2, 0.25) is 0 Å². The molecule has 0 spiro atoms. The van der Waals surface area contributed by atoms with Crippen LogP contribution in [-0.4, -0.2) is 42.0 Å². The number of hydrogen-bond acceptors (Lipinski definition) is 6. The van der Waals surface area contributed by atoms with Crippen LogP contribution in [0.4, 0.5) is 3.89 Å². The van der Waals surface area contributed by atoms with Crippen LogP contribution in [0, 0.1) is 6.92 Å². The minimum atomic E-state index is -5.25. The van der Waals surface area contributed by atoms with E-state index in [-0.39, 0.29) is 22.2 Å². The molecule has 136 valence electrons. The molecule has 0 radical (unpaired) electrons. The summed E-state index contributed by atoms with van der Waals surface area (Å²) < 4.78 is 48.0. The van der Waals surface area contributed by atoms with Gasteiger partial charge in [0.15, 0.2) is 17.6 Å². The number of nitrogens with zero attached hydrogens (tertiary/aromatic N) is 1. The van der Waals surface area contributed by atoms with Gasteiger partial charge in [-0.3, -0.25) is 4.79 Å². The van der Waals surface area contributed by atoms with Crippen LogP contribution in [0.5, 0.6) is 11.5 Å². The molecule has 9 heteroatoms. The number of amides is 1. The van der Waals surface area contributed by atoms with Crippen molar-refractivity contribution in [2.45, 2.75) is 38.5 Å². The van der Waals surface area contributed by atoms with Crippen molar-refractivity contribution in [3.63, 3.8) is 0 Å². The van der Waals surface area contributed by atoms with E-state index < -0.39 is 34.1 Å². The molecule has 0 unspecified atom stereocenters. The summed E-state index contributed by atoms with van der Waals surface area (Å²) in [5, 5.41) is 10.2. The number of aliphatic hydroxyl groups is 1. The molecule has 0 saturated carbocycles. The number of fused-ring (bicyclic) bond motifs is 1. The minimum Gasteiger partial charge on any atom is -0.486 e. The Balaban J connectivity index is 2.10. The maximum absolute atomic E-state index is 13.6. The third-order valence-corrected chi connectivity index (χ3v) is 4.99. The molecule has 0 aromatic heterocycles. The predicted octanol–water partition coefficient (Wildman–Crippen LogP) is 1.56. The monoisotopic (exact) mass is 371 g/mol. The van der Waals surface area contributed by atoms with Crippen molar-refractivity contribution in [1.82, 2.24) is 4.31 Å². The Morgan fingerprint density at radius 2 is 2.04 bits per heavy atom. The average Bonchev–Trinajstić information content (AvgIpc) is 2.86. The summed E-state index contributed by atoms with van der Waals surface area (Å²) in [7, 11) is -5.25. The van der Waals surface area contributed by atoms with E-state index >= 15 is 0 Å². The minimum absolute atomic E-state index is 0.101. The van der Waals surface area contributed by atoms with Gasteiger partial charge >= 0.3 is 10.4 Å². The lowest BCUT2D eigenvalue weighted by Gasteiger charge is -2.36. The lowest BCUT2D eigenvalue weighted by molar-refractivity contribution is -0.121. The first-order valence-electron chi connectivity index (χ1n) is 7.61. The predicted molar refractivity (Wildman–Crippen MR) is 86.1 cm³/mol. The normalized spacial score (nSPS) is 23.2. The van der Waals surface area contributed by atoms with Crippen molar-refractivity contribution in [3.05, 3.63) is 35.4 Å². The van der Waals surface area contributed by atoms with Crippen LogP contribution in [0.25, 0.3) is 0 Å². The highest BCUT2D eigenvalue weighted by Gasteiger charge is 2.41. The molecule has 0 aliphatic carbocycles. The van der Waals surface area contributed by atoms with Crippen LogP contribution in [0.2, 0.25) is 0 Å². The van der Waals surface area contributed by atoms with Gasteiger partial charge in [0.1, 0.15) is 6.61 Å². The molecule has 3 rings (SSSR count). The maximum Gasteiger partial charge on any atom is 0.402 e. The third-order valence-electron chi connectivity index (χ3n) is 4.11. The SMILES string of the molecule is Cc1cc2c(c([C@@H]3C=CC(=O)N3S(=O)(=O)F)c1)O[C@H](C(C)(C)O)CO2. The van der Waals surface area contributed by atoms with Crippen molar-refractivity contribution in [1.29, 1.82) is 0 Å². The molecule has 0 fully saturated rings. The van der Waals surface area contributed by atoms with Crippen molar-refractivity contribution in [3.8, 4) is 11.5 Å². The molecule has 2 aliphatic rings. The molecule has 0 bridgehead atoms. The molecule has 2 atom stereocenters. The Labute approximate surface area is 145 Å². The van der Waals surface area contributed by atoms with E-state index in [9.17, 15) is 22.2 Å². The fourth-order valence-corrected chi connectivity index (χ4v) is 3.58. The molecule has 1 aromatic rings. The molecule has 1 amide bonds. The third kappa shape index (κ3) is 3.21. The molecule has 25 heavy (non-hydrogen) atoms. The van der Waals surface area contributed by atoms with Crippen LogP contribution in [0.1, 0.15) is 31.0 Å². The number of carbonyl (C=O) groups excluding carboxylic acids is 1. The van der Waals surface area contributed by atoms with Gasteiger partial charge in [-0.1, -0.05) is 9.96 Å². The molecular weight excluding hydrogens is 353 g/mol. The Kier molecular flexibility index (Phi) is 4.03. The van der Waals surface area contributed by atoms with Crippen LogP contribution >= 0.6 is 0 Å². The van der Waals surface area contributed by atoms with Gasteiger partial charge < -0.3 is 14.6 Å². The van der Waals surface area contributed by atoms with Gasteiger partial charge in [0.05, 0.1) is 11.6 Å². The number of carbonyl (C=O) groups is 1. The van der Waals surface area contributed by atoms with Crippen molar-refractivity contribution in [2.24, 2.45) is 0 Å². The van der Waals surface area contributed by atoms with E-state index in [1.54, 1.807) is 32.9 Å². The standard InChI is InChI=1S/C16H18FNO6S/c1-9-6-10(11-4-5-14(19)18(11)25(17,21)22)15-12(7-9)23-8-13(24-15)16(2,3)20/h4-7,11,13,20H,8H2,1-3H3/t11-,13-/m0/s1. The molecule has 7 nitrogen and oxygen atoms in total. The summed E-state index contributed by atoms with van der Waals surface area (Å²) in [6.45, 7) is 4.96. The summed E-state index contributed by atoms with van der Waals surface area (Å²) in [5.41, 5.74) is -0.220. The van der Waals surface area contributed by atoms with Gasteiger partial charge in [0, 0.05) is 11.6 Å². The van der Waals surface area contributed by atoms with Gasteiger partial charge in [-0.15, -0.1) is 0 Å². The number of hydrogen-bond donors (Lipinski definition) is 1. The van der Waals surface area contributed by atoms with Crippen LogP contribution in [0.3, 0.4) is 0 Å². The second-order valence-corrected chi connectivity index (χ2v) is 7.85. The first kappa shape index (κ1) is 17.7. The highest BCUT2D eigenvalue weighted by atomic mass is 32.3. The fourth-order valence-electron chi connectivity index (χ4n) is 2.85. The van der Waals surface area contributed by atoms with Gasteiger partial charge in [0.25, 0.3) is 5.91 Å². The molecule has 1 N–H and O–H groups in total. The van der Waals surface area contributed by atoms with Crippen LogP contribution in [0.15, 0.2) is 24.3 Å². The van der Waals surface area contributed by atoms with Crippen LogP contribution < -0.4 is 9.47 Å². The Hall–Kier alpha value is -2.13. The van der Waals surface area contributed by atoms with Crippen LogP contribution in [-0.2, 0) is 15.2 Å². The highest BCUT2D eigenvalue weighted by molar-refractivity contribution is 7.84. The highest BCUT2D eigenvalue weighted by Crippen LogP contribution is 2.44. The van der Waals surface area contributed by atoms with Crippen molar-refractivity contribution < 1.29 is 31.7 Å². The Morgan fingerprint density at radius 1 is 1.36 bits per heavy atom. The number of halogens is 1. The van der Waals surface area contributed by atoms with Crippen molar-refractivity contribution >= 4 is 16.3 Å². The van der Waals surface area contributed by atoms with Gasteiger partial charge in [-0.2, -0.15) is 12.7 Å². The molecule has 0 saturated heterocycles. The van der Waals surface area contributed by atoms with E-state index in [2.05, 4.69) is 0 Å². The molecule has 2 heterocycles. The second kappa shape index (κ2) is 5.70. The number of benzene rings is 1. The zero-order chi connectivity index (χ0) is 18.6. The average molecular weight is 371 g/mol. The van der Waals surface area contributed by atoms with E-state index in [1.807, 2.05) is 0 Å². The lowest BCUT2D eigenvalue weighted by Crippen LogP contribution is -2.46. The Morgan fingerprint density at radius 3 is 2.64 bits per heavy atom.